The number of aromatic nitrogens is 1. The summed E-state index contributed by atoms with van der Waals surface area (Å²) in [5.74, 6) is 0. The third kappa shape index (κ3) is 1.80. The normalized spacial score (nSPS) is 18.2. The Balaban J connectivity index is 0.000000845. The maximum absolute atomic E-state index is 4.12. The maximum atomic E-state index is 4.12. The zero-order valence-electron chi connectivity index (χ0n) is 7.18. The maximum Gasteiger partial charge on any atom is 0.342 e. The highest BCUT2D eigenvalue weighted by Gasteiger charge is 2.36. The quantitative estimate of drug-likeness (QED) is 0.621. The Morgan fingerprint density at radius 2 is 2.23 bits per heavy atom. The van der Waals surface area contributed by atoms with Gasteiger partial charge in [-0.2, -0.15) is 0 Å². The SMILES string of the molecule is CC1(C)N=NN=[N+]1c1nccs1.[Br-]. The summed E-state index contributed by atoms with van der Waals surface area (Å²) < 4.78 is 1.71. The molecule has 0 atom stereocenters. The highest BCUT2D eigenvalue weighted by molar-refractivity contribution is 7.12. The number of halogens is 1. The fourth-order valence-corrected chi connectivity index (χ4v) is 1.64. The molecular weight excluding hydrogens is 254 g/mol. The summed E-state index contributed by atoms with van der Waals surface area (Å²) in [7, 11) is 0. The van der Waals surface area contributed by atoms with Crippen LogP contribution < -0.4 is 17.0 Å². The van der Waals surface area contributed by atoms with Crippen molar-refractivity contribution in [1.29, 1.82) is 0 Å². The lowest BCUT2D eigenvalue weighted by atomic mass is 10.3. The molecule has 2 heterocycles. The molecule has 0 unspecified atom stereocenters. The van der Waals surface area contributed by atoms with Gasteiger partial charge in [-0.25, -0.2) is 0 Å². The van der Waals surface area contributed by atoms with E-state index < -0.39 is 5.66 Å². The van der Waals surface area contributed by atoms with E-state index in [1.165, 1.54) is 11.3 Å². The lowest BCUT2D eigenvalue weighted by molar-refractivity contribution is -0.575. The van der Waals surface area contributed by atoms with Crippen molar-refractivity contribution < 1.29 is 21.7 Å². The molecular formula is C6H8BrN5S. The zero-order chi connectivity index (χ0) is 8.60. The lowest BCUT2D eigenvalue weighted by Crippen LogP contribution is -3.00. The molecule has 13 heavy (non-hydrogen) atoms. The second kappa shape index (κ2) is 3.59. The van der Waals surface area contributed by atoms with Gasteiger partial charge in [0.15, 0.2) is 0 Å². The molecule has 2 rings (SSSR count). The zero-order valence-corrected chi connectivity index (χ0v) is 9.58. The van der Waals surface area contributed by atoms with E-state index in [2.05, 4.69) is 20.5 Å². The van der Waals surface area contributed by atoms with E-state index in [1.54, 1.807) is 10.9 Å². The van der Waals surface area contributed by atoms with Crippen LogP contribution in [0.4, 0.5) is 5.13 Å². The Morgan fingerprint density at radius 1 is 1.46 bits per heavy atom. The number of rotatable bonds is 1. The highest BCUT2D eigenvalue weighted by Crippen LogP contribution is 2.28. The molecule has 0 N–H and O–H groups in total. The fraction of sp³-hybridized carbons (Fsp3) is 0.500. The predicted octanol–water partition coefficient (Wildman–Crippen LogP) is -0.640. The summed E-state index contributed by atoms with van der Waals surface area (Å²) >= 11 is 1.52. The van der Waals surface area contributed by atoms with Crippen LogP contribution in [0.3, 0.4) is 0 Å². The second-order valence-electron chi connectivity index (χ2n) is 2.90. The van der Waals surface area contributed by atoms with E-state index in [0.29, 0.717) is 0 Å². The third-order valence-electron chi connectivity index (χ3n) is 1.54. The molecule has 0 fully saturated rings. The first-order valence-corrected chi connectivity index (χ1v) is 4.41. The standard InChI is InChI=1S/C6H8N5S.BrH/c1-6(2)8-9-10-11(6)5-7-3-4-12-5;/h3-4H,1-2H3;1H/q+1;/p-1. The molecule has 0 radical (unpaired) electrons. The Labute approximate surface area is 90.0 Å². The van der Waals surface area contributed by atoms with Gasteiger partial charge in [-0.15, -0.1) is 0 Å². The minimum absolute atomic E-state index is 0. The predicted molar refractivity (Wildman–Crippen MR) is 43.4 cm³/mol. The molecule has 1 aliphatic heterocycles. The summed E-state index contributed by atoms with van der Waals surface area (Å²) in [6, 6.07) is 0. The first kappa shape index (κ1) is 10.4. The molecule has 0 aromatic carbocycles. The molecule has 0 saturated heterocycles. The molecule has 0 bridgehead atoms. The van der Waals surface area contributed by atoms with Crippen molar-refractivity contribution in [2.24, 2.45) is 15.6 Å². The fourth-order valence-electron chi connectivity index (χ4n) is 0.914. The molecule has 0 aliphatic carbocycles. The van der Waals surface area contributed by atoms with Crippen molar-refractivity contribution in [2.75, 3.05) is 0 Å². The van der Waals surface area contributed by atoms with Gasteiger partial charge in [0, 0.05) is 5.38 Å². The largest absolute Gasteiger partial charge is 1.00 e. The molecule has 5 nitrogen and oxygen atoms in total. The molecule has 70 valence electrons. The highest BCUT2D eigenvalue weighted by atomic mass is 79.9. The molecule has 7 heteroatoms. The number of thiazole rings is 1. The molecule has 0 saturated carbocycles. The van der Waals surface area contributed by atoms with Crippen LogP contribution in [0.15, 0.2) is 27.1 Å². The minimum Gasteiger partial charge on any atom is -1.00 e. The Morgan fingerprint density at radius 3 is 2.69 bits per heavy atom. The van der Waals surface area contributed by atoms with Crippen LogP contribution in [0, 0.1) is 0 Å². The first-order valence-electron chi connectivity index (χ1n) is 3.53. The first-order chi connectivity index (χ1) is 5.70. The molecule has 1 aromatic heterocycles. The van der Waals surface area contributed by atoms with Crippen molar-refractivity contribution in [3.63, 3.8) is 0 Å². The molecule has 1 aliphatic rings. The molecule has 0 amide bonds. The van der Waals surface area contributed by atoms with Crippen LogP contribution in [0.5, 0.6) is 0 Å². The summed E-state index contributed by atoms with van der Waals surface area (Å²) in [5, 5.41) is 14.2. The Kier molecular flexibility index (Phi) is 2.87. The van der Waals surface area contributed by atoms with Crippen LogP contribution in [0.25, 0.3) is 0 Å². The second-order valence-corrected chi connectivity index (χ2v) is 3.77. The van der Waals surface area contributed by atoms with Gasteiger partial charge in [-0.3, -0.25) is 0 Å². The lowest BCUT2D eigenvalue weighted by Gasteiger charge is -2.08. The van der Waals surface area contributed by atoms with Crippen LogP contribution in [0.1, 0.15) is 13.8 Å². The summed E-state index contributed by atoms with van der Waals surface area (Å²) in [5.41, 5.74) is -0.391. The Hall–Kier alpha value is -0.690. The van der Waals surface area contributed by atoms with Gasteiger partial charge in [0.05, 0.1) is 5.22 Å². The number of hydrogen-bond acceptors (Lipinski definition) is 5. The average molecular weight is 262 g/mol. The van der Waals surface area contributed by atoms with Crippen LogP contribution in [0.2, 0.25) is 0 Å². The summed E-state index contributed by atoms with van der Waals surface area (Å²) in [4.78, 5) is 4.12. The molecule has 1 aromatic rings. The van der Waals surface area contributed by atoms with Gasteiger partial charge in [0.2, 0.25) is 5.66 Å². The topological polar surface area (TPSA) is 53.0 Å². The van der Waals surface area contributed by atoms with Gasteiger partial charge in [0.1, 0.15) is 11.4 Å². The number of hydrogen-bond donors (Lipinski definition) is 0. The third-order valence-corrected chi connectivity index (χ3v) is 2.28. The van der Waals surface area contributed by atoms with Crippen LogP contribution in [-0.2, 0) is 0 Å². The molecule has 0 spiro atoms. The van der Waals surface area contributed by atoms with Crippen LogP contribution >= 0.6 is 11.3 Å². The van der Waals surface area contributed by atoms with Gasteiger partial charge < -0.3 is 17.0 Å². The van der Waals surface area contributed by atoms with E-state index in [9.17, 15) is 0 Å². The minimum atomic E-state index is -0.391. The van der Waals surface area contributed by atoms with Crippen molar-refractivity contribution in [3.05, 3.63) is 11.6 Å². The van der Waals surface area contributed by atoms with Crippen molar-refractivity contribution >= 4 is 16.5 Å². The van der Waals surface area contributed by atoms with Crippen molar-refractivity contribution in [1.82, 2.24) is 4.98 Å². The van der Waals surface area contributed by atoms with E-state index in [1.807, 2.05) is 19.2 Å². The van der Waals surface area contributed by atoms with Gasteiger partial charge in [-0.05, 0) is 19.0 Å². The monoisotopic (exact) mass is 261 g/mol. The van der Waals surface area contributed by atoms with Gasteiger partial charge >= 0.3 is 5.13 Å². The van der Waals surface area contributed by atoms with E-state index in [0.717, 1.165) is 5.13 Å². The number of nitrogens with zero attached hydrogens (tertiary/aromatic N) is 5. The van der Waals surface area contributed by atoms with E-state index in [-0.39, 0.29) is 17.0 Å². The Bertz CT molecular complexity index is 342. The summed E-state index contributed by atoms with van der Waals surface area (Å²) in [6.07, 6.45) is 1.74. The smallest absolute Gasteiger partial charge is 0.342 e. The van der Waals surface area contributed by atoms with E-state index in [4.69, 9.17) is 0 Å². The summed E-state index contributed by atoms with van der Waals surface area (Å²) in [6.45, 7) is 3.88. The van der Waals surface area contributed by atoms with Crippen molar-refractivity contribution in [3.8, 4) is 0 Å². The van der Waals surface area contributed by atoms with Gasteiger partial charge in [0.25, 0.3) is 0 Å². The van der Waals surface area contributed by atoms with Gasteiger partial charge in [-0.1, -0.05) is 21.0 Å². The van der Waals surface area contributed by atoms with E-state index >= 15 is 0 Å². The van der Waals surface area contributed by atoms with Crippen LogP contribution in [-0.4, -0.2) is 15.3 Å². The average Bonchev–Trinajstić information content (AvgIpc) is 2.55. The van der Waals surface area contributed by atoms with Crippen molar-refractivity contribution in [2.45, 2.75) is 19.5 Å².